The van der Waals surface area contributed by atoms with Gasteiger partial charge in [0, 0.05) is 25.4 Å². The second-order valence-corrected chi connectivity index (χ2v) is 6.33. The maximum atomic E-state index is 13.7. The number of aromatic nitrogens is 2. The van der Waals surface area contributed by atoms with E-state index in [2.05, 4.69) is 15.7 Å². The molecule has 0 saturated carbocycles. The molecule has 1 fully saturated rings. The number of benzene rings is 1. The van der Waals surface area contributed by atoms with Crippen molar-refractivity contribution in [2.75, 3.05) is 18.5 Å². The Bertz CT molecular complexity index is 825. The van der Waals surface area contributed by atoms with Crippen molar-refractivity contribution < 1.29 is 26.7 Å². The zero-order valence-corrected chi connectivity index (χ0v) is 14.7. The lowest BCUT2D eigenvalue weighted by Crippen LogP contribution is -2.34. The van der Waals surface area contributed by atoms with E-state index >= 15 is 0 Å². The third-order valence-corrected chi connectivity index (χ3v) is 4.26. The lowest BCUT2D eigenvalue weighted by Gasteiger charge is -2.12. The third-order valence-electron chi connectivity index (χ3n) is 4.02. The average Bonchev–Trinajstić information content (AvgIpc) is 3.32. The molecule has 5 nitrogen and oxygen atoms in total. The highest BCUT2D eigenvalue weighted by Gasteiger charge is 2.26. The van der Waals surface area contributed by atoms with Crippen molar-refractivity contribution in [2.24, 2.45) is 0 Å². The van der Waals surface area contributed by atoms with E-state index < -0.39 is 41.2 Å². The Balaban J connectivity index is 1.64. The minimum Gasteiger partial charge on any atom is -0.376 e. The van der Waals surface area contributed by atoms with Gasteiger partial charge >= 0.3 is 0 Å². The van der Waals surface area contributed by atoms with Crippen molar-refractivity contribution in [3.05, 3.63) is 46.9 Å². The first-order valence-corrected chi connectivity index (χ1v) is 8.48. The first-order valence-electron chi connectivity index (χ1n) is 8.07. The highest BCUT2D eigenvalue weighted by molar-refractivity contribution is 7.80. The molecule has 0 bridgehead atoms. The molecule has 3 rings (SSSR count). The van der Waals surface area contributed by atoms with Crippen LogP contribution in [0, 0.1) is 29.1 Å². The maximum absolute atomic E-state index is 13.7. The number of anilines is 1. The fourth-order valence-corrected chi connectivity index (χ4v) is 2.83. The molecule has 0 aliphatic carbocycles. The Morgan fingerprint density at radius 2 is 1.81 bits per heavy atom. The van der Waals surface area contributed by atoms with Crippen LogP contribution in [0.25, 0.3) is 0 Å². The van der Waals surface area contributed by atoms with Crippen molar-refractivity contribution in [2.45, 2.75) is 25.5 Å². The first-order chi connectivity index (χ1) is 12.9. The number of thiocarbonyl (C=S) groups is 1. The van der Waals surface area contributed by atoms with E-state index in [1.807, 2.05) is 0 Å². The fourth-order valence-electron chi connectivity index (χ4n) is 2.64. The summed E-state index contributed by atoms with van der Waals surface area (Å²) in [7, 11) is 0. The molecule has 0 radical (unpaired) electrons. The molecule has 1 aliphatic heterocycles. The Labute approximate surface area is 156 Å². The highest BCUT2D eigenvalue weighted by Crippen LogP contribution is 2.23. The molecule has 1 saturated heterocycles. The number of nitrogens with zero attached hydrogens (tertiary/aromatic N) is 2. The molecule has 27 heavy (non-hydrogen) atoms. The number of rotatable bonds is 5. The molecular formula is C16H15F5N4OS. The molecule has 1 unspecified atom stereocenters. The van der Waals surface area contributed by atoms with Crippen LogP contribution in [-0.4, -0.2) is 34.1 Å². The summed E-state index contributed by atoms with van der Waals surface area (Å²) in [6, 6.07) is 1.45. The number of hydrogen-bond acceptors (Lipinski definition) is 3. The Morgan fingerprint density at radius 1 is 1.15 bits per heavy atom. The van der Waals surface area contributed by atoms with Crippen molar-refractivity contribution in [1.82, 2.24) is 15.1 Å². The number of ether oxygens (including phenoxy) is 1. The van der Waals surface area contributed by atoms with Gasteiger partial charge in [-0.25, -0.2) is 22.0 Å². The molecular weight excluding hydrogens is 391 g/mol. The van der Waals surface area contributed by atoms with Crippen LogP contribution in [0.1, 0.15) is 18.4 Å². The van der Waals surface area contributed by atoms with Gasteiger partial charge < -0.3 is 15.4 Å². The van der Waals surface area contributed by atoms with Gasteiger partial charge in [-0.05, 0) is 25.1 Å². The molecule has 0 spiro atoms. The van der Waals surface area contributed by atoms with Crippen LogP contribution in [0.2, 0.25) is 0 Å². The van der Waals surface area contributed by atoms with Gasteiger partial charge in [0.25, 0.3) is 0 Å². The number of halogens is 5. The van der Waals surface area contributed by atoms with Gasteiger partial charge in [-0.1, -0.05) is 0 Å². The molecule has 1 aromatic carbocycles. The smallest absolute Gasteiger partial charge is 0.200 e. The van der Waals surface area contributed by atoms with Gasteiger partial charge in [0.05, 0.1) is 18.2 Å². The van der Waals surface area contributed by atoms with Gasteiger partial charge in [-0.15, -0.1) is 0 Å². The Morgan fingerprint density at radius 3 is 2.44 bits per heavy atom. The molecule has 2 heterocycles. The second kappa shape index (κ2) is 8.17. The first kappa shape index (κ1) is 19.5. The molecule has 0 amide bonds. The van der Waals surface area contributed by atoms with Gasteiger partial charge in [-0.2, -0.15) is 5.10 Å². The van der Waals surface area contributed by atoms with Crippen LogP contribution >= 0.6 is 12.2 Å². The molecule has 146 valence electrons. The van der Waals surface area contributed by atoms with E-state index in [1.165, 1.54) is 12.3 Å². The standard InChI is InChI=1S/C16H15F5N4OS/c17-11-9(12(18)14(20)15(21)13(11)19)7-25-4-3-10(24-25)23-16(27)22-6-8-2-1-5-26-8/h3-4,8H,1-2,5-7H2,(H2,22,23,24,27). The van der Waals surface area contributed by atoms with Gasteiger partial charge in [0.1, 0.15) is 0 Å². The van der Waals surface area contributed by atoms with E-state index in [0.29, 0.717) is 13.2 Å². The summed E-state index contributed by atoms with van der Waals surface area (Å²) < 4.78 is 73.5. The summed E-state index contributed by atoms with van der Waals surface area (Å²) in [5.41, 5.74) is -0.972. The predicted molar refractivity (Wildman–Crippen MR) is 90.8 cm³/mol. The summed E-state index contributed by atoms with van der Waals surface area (Å²) in [6.07, 6.45) is 3.33. The SMILES string of the molecule is Fc1c(F)c(F)c(Cn2ccc(NC(=S)NCC3CCCO3)n2)c(F)c1F. The molecule has 2 N–H and O–H groups in total. The molecule has 1 atom stereocenters. The van der Waals surface area contributed by atoms with E-state index in [-0.39, 0.29) is 17.0 Å². The zero-order chi connectivity index (χ0) is 19.6. The Kier molecular flexibility index (Phi) is 5.90. The van der Waals surface area contributed by atoms with Gasteiger partial charge in [-0.3, -0.25) is 4.68 Å². The quantitative estimate of drug-likeness (QED) is 0.346. The van der Waals surface area contributed by atoms with Crippen LogP contribution in [0.3, 0.4) is 0 Å². The van der Waals surface area contributed by atoms with E-state index in [0.717, 1.165) is 17.5 Å². The number of hydrogen-bond donors (Lipinski definition) is 2. The molecule has 1 aromatic heterocycles. The van der Waals surface area contributed by atoms with E-state index in [9.17, 15) is 22.0 Å². The van der Waals surface area contributed by atoms with E-state index in [1.54, 1.807) is 0 Å². The summed E-state index contributed by atoms with van der Waals surface area (Å²) in [5, 5.41) is 9.96. The molecule has 1 aliphatic rings. The van der Waals surface area contributed by atoms with Gasteiger partial charge in [0.15, 0.2) is 34.2 Å². The van der Waals surface area contributed by atoms with Crippen molar-refractivity contribution >= 4 is 23.1 Å². The van der Waals surface area contributed by atoms with Crippen LogP contribution in [-0.2, 0) is 11.3 Å². The molecule has 2 aromatic rings. The second-order valence-electron chi connectivity index (χ2n) is 5.92. The lowest BCUT2D eigenvalue weighted by atomic mass is 10.1. The van der Waals surface area contributed by atoms with Crippen LogP contribution in [0.15, 0.2) is 12.3 Å². The predicted octanol–water partition coefficient (Wildman–Crippen LogP) is 3.09. The third kappa shape index (κ3) is 4.35. The lowest BCUT2D eigenvalue weighted by molar-refractivity contribution is 0.114. The minimum atomic E-state index is -2.20. The van der Waals surface area contributed by atoms with E-state index in [4.69, 9.17) is 17.0 Å². The largest absolute Gasteiger partial charge is 0.376 e. The summed E-state index contributed by atoms with van der Waals surface area (Å²) in [6.45, 7) is 0.606. The van der Waals surface area contributed by atoms with Crippen LogP contribution < -0.4 is 10.6 Å². The van der Waals surface area contributed by atoms with Crippen LogP contribution in [0.5, 0.6) is 0 Å². The monoisotopic (exact) mass is 406 g/mol. The van der Waals surface area contributed by atoms with Crippen molar-refractivity contribution in [3.63, 3.8) is 0 Å². The summed E-state index contributed by atoms with van der Waals surface area (Å²) in [5.74, 6) is -9.69. The fraction of sp³-hybridized carbons (Fsp3) is 0.375. The maximum Gasteiger partial charge on any atom is 0.200 e. The topological polar surface area (TPSA) is 51.1 Å². The minimum absolute atomic E-state index is 0.0801. The number of nitrogens with one attached hydrogen (secondary N) is 2. The zero-order valence-electron chi connectivity index (χ0n) is 13.9. The molecule has 11 heteroatoms. The normalized spacial score (nSPS) is 16.6. The summed E-state index contributed by atoms with van der Waals surface area (Å²) in [4.78, 5) is 0. The van der Waals surface area contributed by atoms with Gasteiger partial charge in [0.2, 0.25) is 5.82 Å². The highest BCUT2D eigenvalue weighted by atomic mass is 32.1. The van der Waals surface area contributed by atoms with Crippen molar-refractivity contribution in [3.8, 4) is 0 Å². The Hall–Kier alpha value is -2.27. The van der Waals surface area contributed by atoms with Crippen LogP contribution in [0.4, 0.5) is 27.8 Å². The van der Waals surface area contributed by atoms with Crippen molar-refractivity contribution in [1.29, 1.82) is 0 Å². The summed E-state index contributed by atoms with van der Waals surface area (Å²) >= 11 is 5.11. The average molecular weight is 406 g/mol.